The highest BCUT2D eigenvalue weighted by atomic mass is 16.6. The molecular weight excluding hydrogens is 260 g/mol. The predicted octanol–water partition coefficient (Wildman–Crippen LogP) is 2.59. The first-order chi connectivity index (χ1) is 9.51. The second-order valence-electron chi connectivity index (χ2n) is 4.77. The molecule has 6 nitrogen and oxygen atoms in total. The number of aliphatic hydroxyl groups is 1. The van der Waals surface area contributed by atoms with E-state index < -0.39 is 4.92 Å². The average Bonchev–Trinajstić information content (AvgIpc) is 2.41. The van der Waals surface area contributed by atoms with E-state index in [1.165, 1.54) is 6.07 Å². The molecule has 0 aliphatic carbocycles. The Hall–Kier alpha value is -1.82. The molecule has 0 radical (unpaired) electrons. The van der Waals surface area contributed by atoms with Crippen LogP contribution < -0.4 is 9.64 Å². The van der Waals surface area contributed by atoms with Crippen LogP contribution in [0.25, 0.3) is 0 Å². The van der Waals surface area contributed by atoms with Crippen molar-refractivity contribution in [3.05, 3.63) is 28.3 Å². The van der Waals surface area contributed by atoms with E-state index in [4.69, 9.17) is 9.84 Å². The number of nitrogens with zero attached hydrogens (tertiary/aromatic N) is 2. The highest BCUT2D eigenvalue weighted by Gasteiger charge is 2.18. The van der Waals surface area contributed by atoms with E-state index in [0.29, 0.717) is 13.2 Å². The van der Waals surface area contributed by atoms with E-state index in [-0.39, 0.29) is 24.1 Å². The van der Waals surface area contributed by atoms with Gasteiger partial charge in [0.25, 0.3) is 0 Å². The molecule has 1 rings (SSSR count). The van der Waals surface area contributed by atoms with Crippen molar-refractivity contribution in [3.8, 4) is 5.75 Å². The van der Waals surface area contributed by atoms with Crippen molar-refractivity contribution in [2.45, 2.75) is 33.2 Å². The monoisotopic (exact) mass is 282 g/mol. The van der Waals surface area contributed by atoms with Crippen LogP contribution >= 0.6 is 0 Å². The van der Waals surface area contributed by atoms with E-state index in [9.17, 15) is 10.1 Å². The maximum atomic E-state index is 11.0. The number of benzene rings is 1. The van der Waals surface area contributed by atoms with Crippen molar-refractivity contribution in [2.75, 3.05) is 24.7 Å². The Morgan fingerprint density at radius 1 is 1.45 bits per heavy atom. The molecule has 0 saturated heterocycles. The lowest BCUT2D eigenvalue weighted by molar-refractivity contribution is -0.385. The molecule has 0 aromatic heterocycles. The maximum Gasteiger partial charge on any atom is 0.311 e. The number of anilines is 1. The SMILES string of the molecule is CCCOc1cc(N(CCO)C(C)C)ccc1[N+](=O)[O-]. The molecule has 0 heterocycles. The Labute approximate surface area is 119 Å². The maximum absolute atomic E-state index is 11.0. The fourth-order valence-electron chi connectivity index (χ4n) is 1.95. The van der Waals surface area contributed by atoms with Gasteiger partial charge in [-0.3, -0.25) is 10.1 Å². The minimum Gasteiger partial charge on any atom is -0.487 e. The Morgan fingerprint density at radius 2 is 2.15 bits per heavy atom. The molecule has 1 aromatic rings. The second-order valence-corrected chi connectivity index (χ2v) is 4.77. The molecule has 0 aliphatic heterocycles. The van der Waals surface area contributed by atoms with Gasteiger partial charge in [-0.05, 0) is 26.3 Å². The normalized spacial score (nSPS) is 10.7. The zero-order valence-corrected chi connectivity index (χ0v) is 12.2. The van der Waals surface area contributed by atoms with Gasteiger partial charge in [-0.2, -0.15) is 0 Å². The average molecular weight is 282 g/mol. The Balaban J connectivity index is 3.12. The lowest BCUT2D eigenvalue weighted by Crippen LogP contribution is -2.33. The van der Waals surface area contributed by atoms with Crippen LogP contribution in [-0.4, -0.2) is 35.8 Å². The first-order valence-electron chi connectivity index (χ1n) is 6.80. The molecule has 1 N–H and O–H groups in total. The third-order valence-corrected chi connectivity index (χ3v) is 2.90. The molecule has 0 saturated carbocycles. The minimum absolute atomic E-state index is 0.0281. The summed E-state index contributed by atoms with van der Waals surface area (Å²) in [5, 5.41) is 20.1. The van der Waals surface area contributed by atoms with E-state index in [2.05, 4.69) is 0 Å². The molecule has 0 amide bonds. The highest BCUT2D eigenvalue weighted by molar-refractivity contribution is 5.59. The van der Waals surface area contributed by atoms with Crippen molar-refractivity contribution in [3.63, 3.8) is 0 Å². The zero-order chi connectivity index (χ0) is 15.1. The van der Waals surface area contributed by atoms with Crippen molar-refractivity contribution in [1.82, 2.24) is 0 Å². The summed E-state index contributed by atoms with van der Waals surface area (Å²) in [7, 11) is 0. The summed E-state index contributed by atoms with van der Waals surface area (Å²) >= 11 is 0. The number of ether oxygens (including phenoxy) is 1. The fourth-order valence-corrected chi connectivity index (χ4v) is 1.95. The highest BCUT2D eigenvalue weighted by Crippen LogP contribution is 2.32. The molecule has 0 unspecified atom stereocenters. The fraction of sp³-hybridized carbons (Fsp3) is 0.571. The molecule has 0 fully saturated rings. The van der Waals surface area contributed by atoms with Gasteiger partial charge in [0.15, 0.2) is 5.75 Å². The van der Waals surface area contributed by atoms with E-state index in [1.807, 2.05) is 25.7 Å². The summed E-state index contributed by atoms with van der Waals surface area (Å²) < 4.78 is 5.47. The van der Waals surface area contributed by atoms with Crippen LogP contribution in [0.1, 0.15) is 27.2 Å². The minimum atomic E-state index is -0.444. The third-order valence-electron chi connectivity index (χ3n) is 2.90. The summed E-state index contributed by atoms with van der Waals surface area (Å²) in [5.74, 6) is 0.276. The molecule has 0 atom stereocenters. The molecule has 0 aliphatic rings. The lowest BCUT2D eigenvalue weighted by Gasteiger charge is -2.28. The van der Waals surface area contributed by atoms with Gasteiger partial charge in [0.2, 0.25) is 0 Å². The van der Waals surface area contributed by atoms with Gasteiger partial charge in [0, 0.05) is 30.4 Å². The van der Waals surface area contributed by atoms with Crippen molar-refractivity contribution in [2.24, 2.45) is 0 Å². The van der Waals surface area contributed by atoms with Crippen molar-refractivity contribution >= 4 is 11.4 Å². The molecule has 20 heavy (non-hydrogen) atoms. The molecule has 0 spiro atoms. The molecule has 6 heteroatoms. The van der Waals surface area contributed by atoms with Crippen LogP contribution in [0.3, 0.4) is 0 Å². The van der Waals surface area contributed by atoms with Crippen LogP contribution in [0.2, 0.25) is 0 Å². The Morgan fingerprint density at radius 3 is 2.65 bits per heavy atom. The number of nitro groups is 1. The van der Waals surface area contributed by atoms with Crippen molar-refractivity contribution < 1.29 is 14.8 Å². The number of hydrogen-bond donors (Lipinski definition) is 1. The van der Waals surface area contributed by atoms with Gasteiger partial charge < -0.3 is 14.7 Å². The molecular formula is C14H22N2O4. The quantitative estimate of drug-likeness (QED) is 0.586. The van der Waals surface area contributed by atoms with Gasteiger partial charge in [0.1, 0.15) is 0 Å². The van der Waals surface area contributed by atoms with E-state index >= 15 is 0 Å². The van der Waals surface area contributed by atoms with E-state index in [1.54, 1.807) is 12.1 Å². The van der Waals surface area contributed by atoms with Gasteiger partial charge >= 0.3 is 5.69 Å². The van der Waals surface area contributed by atoms with Gasteiger partial charge in [-0.15, -0.1) is 0 Å². The summed E-state index contributed by atoms with van der Waals surface area (Å²) in [5.41, 5.74) is 0.778. The molecule has 0 bridgehead atoms. The molecule has 1 aromatic carbocycles. The third kappa shape index (κ3) is 4.09. The summed E-state index contributed by atoms with van der Waals surface area (Å²) in [6, 6.07) is 4.99. The van der Waals surface area contributed by atoms with Gasteiger partial charge in [0.05, 0.1) is 18.1 Å². The first-order valence-corrected chi connectivity index (χ1v) is 6.80. The number of aliphatic hydroxyl groups excluding tert-OH is 1. The van der Waals surface area contributed by atoms with Gasteiger partial charge in [-0.1, -0.05) is 6.92 Å². The summed E-state index contributed by atoms with van der Waals surface area (Å²) in [6.45, 7) is 6.89. The van der Waals surface area contributed by atoms with Crippen molar-refractivity contribution in [1.29, 1.82) is 0 Å². The standard InChI is InChI=1S/C14H22N2O4/c1-4-9-20-14-10-12(5-6-13(14)16(18)19)15(7-8-17)11(2)3/h5-6,10-11,17H,4,7-9H2,1-3H3. The number of rotatable bonds is 8. The topological polar surface area (TPSA) is 75.8 Å². The van der Waals surface area contributed by atoms with Crippen LogP contribution in [0.5, 0.6) is 5.75 Å². The number of nitro benzene ring substituents is 1. The number of hydrogen-bond acceptors (Lipinski definition) is 5. The van der Waals surface area contributed by atoms with Gasteiger partial charge in [-0.25, -0.2) is 0 Å². The summed E-state index contributed by atoms with van der Waals surface area (Å²) in [4.78, 5) is 12.5. The largest absolute Gasteiger partial charge is 0.487 e. The smallest absolute Gasteiger partial charge is 0.311 e. The Bertz CT molecular complexity index is 449. The van der Waals surface area contributed by atoms with Crippen LogP contribution in [-0.2, 0) is 0 Å². The lowest BCUT2D eigenvalue weighted by atomic mass is 10.2. The predicted molar refractivity (Wildman–Crippen MR) is 78.5 cm³/mol. The van der Waals surface area contributed by atoms with Crippen LogP contribution in [0.4, 0.5) is 11.4 Å². The first kappa shape index (κ1) is 16.2. The van der Waals surface area contributed by atoms with Crippen LogP contribution in [0, 0.1) is 10.1 Å². The van der Waals surface area contributed by atoms with E-state index in [0.717, 1.165) is 12.1 Å². The molecule has 112 valence electrons. The Kier molecular flexibility index (Phi) is 6.24. The summed E-state index contributed by atoms with van der Waals surface area (Å²) in [6.07, 6.45) is 0.784. The second kappa shape index (κ2) is 7.69. The van der Waals surface area contributed by atoms with Crippen LogP contribution in [0.15, 0.2) is 18.2 Å². The zero-order valence-electron chi connectivity index (χ0n) is 12.2.